The second-order valence-electron chi connectivity index (χ2n) is 8.01. The molecule has 1 aromatic carbocycles. The second kappa shape index (κ2) is 12.1. The summed E-state index contributed by atoms with van der Waals surface area (Å²) in [6.07, 6.45) is 4.22. The fourth-order valence-electron chi connectivity index (χ4n) is 4.31. The molecule has 3 heterocycles. The molecule has 4 rings (SSSR count). The number of hydrogen-bond acceptors (Lipinski definition) is 5. The Morgan fingerprint density at radius 2 is 2.13 bits per heavy atom. The van der Waals surface area contributed by atoms with Gasteiger partial charge in [-0.05, 0) is 43.9 Å². The number of nitrogens with zero attached hydrogens (tertiary/aromatic N) is 2. The van der Waals surface area contributed by atoms with Gasteiger partial charge in [-0.25, -0.2) is 4.99 Å². The molecule has 3 aliphatic rings. The Kier molecular flexibility index (Phi) is 9.48. The number of guanidine groups is 1. The zero-order valence-electron chi connectivity index (χ0n) is 17.8. The van der Waals surface area contributed by atoms with E-state index >= 15 is 0 Å². The smallest absolute Gasteiger partial charge is 0.191 e. The maximum absolute atomic E-state index is 5.97. The predicted octanol–water partition coefficient (Wildman–Crippen LogP) is 2.39. The molecule has 3 atom stereocenters. The average Bonchev–Trinajstić information content (AvgIpc) is 3.37. The molecule has 3 fully saturated rings. The van der Waals surface area contributed by atoms with Crippen LogP contribution < -0.4 is 15.4 Å². The van der Waals surface area contributed by atoms with Crippen molar-refractivity contribution in [1.82, 2.24) is 15.5 Å². The standard InChI is InChI=1S/C22H34N4O3.HI/c1-2-23-22(25-20-15-19-6-7-21(20)29-19)24-16-17-4-3-5-18(14-17)28-13-10-26-8-11-27-12-9-26;/h3-5,14,19-21H,2,6-13,15-16H2,1H3,(H2,23,24,25);1H. The Morgan fingerprint density at radius 3 is 2.87 bits per heavy atom. The minimum absolute atomic E-state index is 0. The molecule has 2 N–H and O–H groups in total. The molecular weight excluding hydrogens is 495 g/mol. The summed E-state index contributed by atoms with van der Waals surface area (Å²) in [6, 6.07) is 8.62. The van der Waals surface area contributed by atoms with E-state index in [4.69, 9.17) is 19.2 Å². The van der Waals surface area contributed by atoms with Crippen LogP contribution in [0.5, 0.6) is 5.75 Å². The molecule has 1 aromatic rings. The van der Waals surface area contributed by atoms with Crippen molar-refractivity contribution < 1.29 is 14.2 Å². The lowest BCUT2D eigenvalue weighted by Crippen LogP contribution is -2.47. The summed E-state index contributed by atoms with van der Waals surface area (Å²) in [6.45, 7) is 8.83. The zero-order valence-corrected chi connectivity index (χ0v) is 20.2. The summed E-state index contributed by atoms with van der Waals surface area (Å²) >= 11 is 0. The monoisotopic (exact) mass is 530 g/mol. The normalized spacial score (nSPS) is 26.3. The highest BCUT2D eigenvalue weighted by Gasteiger charge is 2.41. The lowest BCUT2D eigenvalue weighted by Gasteiger charge is -2.26. The van der Waals surface area contributed by atoms with Crippen molar-refractivity contribution in [3.63, 3.8) is 0 Å². The summed E-state index contributed by atoms with van der Waals surface area (Å²) in [5.41, 5.74) is 1.15. The van der Waals surface area contributed by atoms with Crippen molar-refractivity contribution in [3.05, 3.63) is 29.8 Å². The molecule has 3 saturated heterocycles. The lowest BCUT2D eigenvalue weighted by atomic mass is 9.96. The van der Waals surface area contributed by atoms with Crippen LogP contribution in [0.15, 0.2) is 29.3 Å². The van der Waals surface area contributed by atoms with E-state index in [1.165, 1.54) is 6.42 Å². The fourth-order valence-corrected chi connectivity index (χ4v) is 4.31. The van der Waals surface area contributed by atoms with Crippen LogP contribution >= 0.6 is 24.0 Å². The van der Waals surface area contributed by atoms with Gasteiger partial charge in [0.05, 0.1) is 38.0 Å². The van der Waals surface area contributed by atoms with Crippen LogP contribution in [0.4, 0.5) is 0 Å². The Hall–Kier alpha value is -1.10. The Balaban J connectivity index is 0.00000256. The first-order valence-corrected chi connectivity index (χ1v) is 11.0. The number of nitrogens with one attached hydrogen (secondary N) is 2. The van der Waals surface area contributed by atoms with Gasteiger partial charge in [-0.1, -0.05) is 12.1 Å². The quantitative estimate of drug-likeness (QED) is 0.306. The molecule has 3 aliphatic heterocycles. The molecular formula is C22H35IN4O3. The van der Waals surface area contributed by atoms with Crippen molar-refractivity contribution in [2.24, 2.45) is 4.99 Å². The van der Waals surface area contributed by atoms with Gasteiger partial charge in [-0.2, -0.15) is 0 Å². The first-order valence-electron chi connectivity index (χ1n) is 11.0. The van der Waals surface area contributed by atoms with Gasteiger partial charge in [0.2, 0.25) is 0 Å². The van der Waals surface area contributed by atoms with Gasteiger partial charge in [0.15, 0.2) is 5.96 Å². The van der Waals surface area contributed by atoms with E-state index in [-0.39, 0.29) is 24.0 Å². The first-order chi connectivity index (χ1) is 14.3. The maximum Gasteiger partial charge on any atom is 0.191 e. The largest absolute Gasteiger partial charge is 0.492 e. The second-order valence-corrected chi connectivity index (χ2v) is 8.01. The van der Waals surface area contributed by atoms with E-state index in [0.29, 0.717) is 31.4 Å². The summed E-state index contributed by atoms with van der Waals surface area (Å²) in [4.78, 5) is 7.17. The molecule has 30 heavy (non-hydrogen) atoms. The summed E-state index contributed by atoms with van der Waals surface area (Å²) in [7, 11) is 0. The van der Waals surface area contributed by atoms with Gasteiger partial charge in [-0.15, -0.1) is 24.0 Å². The van der Waals surface area contributed by atoms with Gasteiger partial charge in [-0.3, -0.25) is 4.90 Å². The minimum Gasteiger partial charge on any atom is -0.492 e. The van der Waals surface area contributed by atoms with E-state index in [1.807, 2.05) is 12.1 Å². The van der Waals surface area contributed by atoms with E-state index in [2.05, 4.69) is 34.6 Å². The van der Waals surface area contributed by atoms with Crippen LogP contribution in [-0.2, 0) is 16.0 Å². The molecule has 3 unspecified atom stereocenters. The summed E-state index contributed by atoms with van der Waals surface area (Å²) < 4.78 is 17.3. The Morgan fingerprint density at radius 1 is 1.27 bits per heavy atom. The average molecular weight is 530 g/mol. The van der Waals surface area contributed by atoms with Crippen molar-refractivity contribution in [3.8, 4) is 5.75 Å². The highest BCUT2D eigenvalue weighted by atomic mass is 127. The van der Waals surface area contributed by atoms with Crippen LogP contribution in [0.2, 0.25) is 0 Å². The molecule has 7 nitrogen and oxygen atoms in total. The highest BCUT2D eigenvalue weighted by Crippen LogP contribution is 2.34. The highest BCUT2D eigenvalue weighted by molar-refractivity contribution is 14.0. The number of aliphatic imine (C=N–C) groups is 1. The molecule has 0 saturated carbocycles. The molecule has 0 aliphatic carbocycles. The molecule has 0 aromatic heterocycles. The van der Waals surface area contributed by atoms with E-state index in [1.54, 1.807) is 0 Å². The third-order valence-electron chi connectivity index (χ3n) is 5.87. The van der Waals surface area contributed by atoms with Crippen LogP contribution in [-0.4, -0.2) is 75.1 Å². The van der Waals surface area contributed by atoms with Gasteiger partial charge in [0, 0.05) is 26.2 Å². The fraction of sp³-hybridized carbons (Fsp3) is 0.682. The van der Waals surface area contributed by atoms with Gasteiger partial charge in [0.25, 0.3) is 0 Å². The zero-order chi connectivity index (χ0) is 19.9. The van der Waals surface area contributed by atoms with Crippen LogP contribution in [0.25, 0.3) is 0 Å². The molecule has 8 heteroatoms. The van der Waals surface area contributed by atoms with Crippen molar-refractivity contribution in [2.45, 2.75) is 51.0 Å². The number of halogens is 1. The molecule has 2 bridgehead atoms. The Bertz CT molecular complexity index is 684. The third kappa shape index (κ3) is 6.70. The Labute approximate surface area is 196 Å². The summed E-state index contributed by atoms with van der Waals surface area (Å²) in [5, 5.41) is 6.93. The SMILES string of the molecule is CCNC(=NCc1cccc(OCCN2CCOCC2)c1)NC1CC2CCC1O2.I. The van der Waals surface area contributed by atoms with Crippen molar-refractivity contribution in [1.29, 1.82) is 0 Å². The number of ether oxygens (including phenoxy) is 3. The topological polar surface area (TPSA) is 67.4 Å². The van der Waals surface area contributed by atoms with Crippen molar-refractivity contribution >= 4 is 29.9 Å². The number of fused-ring (bicyclic) bond motifs is 2. The first kappa shape index (κ1) is 23.6. The number of rotatable bonds is 8. The van der Waals surface area contributed by atoms with Crippen LogP contribution in [0.3, 0.4) is 0 Å². The third-order valence-corrected chi connectivity index (χ3v) is 5.87. The predicted molar refractivity (Wildman–Crippen MR) is 129 cm³/mol. The van der Waals surface area contributed by atoms with E-state index < -0.39 is 0 Å². The lowest BCUT2D eigenvalue weighted by molar-refractivity contribution is 0.0322. The number of benzene rings is 1. The molecule has 0 amide bonds. The molecule has 0 radical (unpaired) electrons. The number of morpholine rings is 1. The summed E-state index contributed by atoms with van der Waals surface area (Å²) in [5.74, 6) is 1.78. The number of hydrogen-bond donors (Lipinski definition) is 2. The van der Waals surface area contributed by atoms with E-state index in [0.717, 1.165) is 69.5 Å². The molecule has 168 valence electrons. The van der Waals surface area contributed by atoms with Crippen LogP contribution in [0.1, 0.15) is 31.7 Å². The van der Waals surface area contributed by atoms with Crippen molar-refractivity contribution in [2.75, 3.05) is 46.0 Å². The van der Waals surface area contributed by atoms with Gasteiger partial charge >= 0.3 is 0 Å². The minimum atomic E-state index is 0. The van der Waals surface area contributed by atoms with E-state index in [9.17, 15) is 0 Å². The maximum atomic E-state index is 5.97. The van der Waals surface area contributed by atoms with Gasteiger partial charge in [0.1, 0.15) is 12.4 Å². The van der Waals surface area contributed by atoms with Crippen LogP contribution in [0, 0.1) is 0 Å². The van der Waals surface area contributed by atoms with Gasteiger partial charge < -0.3 is 24.8 Å². The molecule has 0 spiro atoms.